The number of carbonyl (C=O) groups is 1. The smallest absolute Gasteiger partial charge is 0.272 e. The highest BCUT2D eigenvalue weighted by Crippen LogP contribution is 2.09. The average molecular weight is 323 g/mol. The molecule has 0 aliphatic heterocycles. The van der Waals surface area contributed by atoms with Crippen molar-refractivity contribution in [3.8, 4) is 0 Å². The fourth-order valence-electron chi connectivity index (χ4n) is 2.20. The molecule has 0 fully saturated rings. The van der Waals surface area contributed by atoms with Crippen LogP contribution in [0.4, 0.5) is 0 Å². The van der Waals surface area contributed by atoms with Crippen LogP contribution in [-0.4, -0.2) is 44.3 Å². The van der Waals surface area contributed by atoms with Crippen LogP contribution in [0, 0.1) is 24.0 Å². The van der Waals surface area contributed by atoms with Crippen molar-refractivity contribution in [3.63, 3.8) is 0 Å². The Bertz CT molecular complexity index is 648. The lowest BCUT2D eigenvalue weighted by Gasteiger charge is -2.08. The molecule has 0 saturated carbocycles. The molecule has 126 valence electrons. The molecule has 0 spiro atoms. The largest absolute Gasteiger partial charge is 0.411 e. The standard InChI is InChI=1S/C14H21N5O4/c1-5-12(19(22)23)8(2)6-11(18-21)7-15-14(20)13-9(3)16-10(4)17-13/h6,12,21H,5,7H2,1-4H3,(H,15,20)(H,16,17)/b8-6+,18-11+. The number of carbonyl (C=O) groups excluding carboxylic acids is 1. The van der Waals surface area contributed by atoms with Gasteiger partial charge in [0.15, 0.2) is 0 Å². The molecule has 0 aromatic carbocycles. The van der Waals surface area contributed by atoms with Gasteiger partial charge in [0.2, 0.25) is 6.04 Å². The molecular weight excluding hydrogens is 302 g/mol. The maximum atomic E-state index is 12.0. The van der Waals surface area contributed by atoms with E-state index in [1.807, 2.05) is 0 Å². The molecule has 1 atom stereocenters. The van der Waals surface area contributed by atoms with E-state index in [1.54, 1.807) is 27.7 Å². The summed E-state index contributed by atoms with van der Waals surface area (Å²) < 4.78 is 0. The van der Waals surface area contributed by atoms with Crippen molar-refractivity contribution in [1.29, 1.82) is 0 Å². The van der Waals surface area contributed by atoms with Crippen LogP contribution in [0.15, 0.2) is 16.8 Å². The quantitative estimate of drug-likeness (QED) is 0.303. The number of nitro groups is 1. The van der Waals surface area contributed by atoms with Crippen molar-refractivity contribution in [2.45, 2.75) is 40.2 Å². The molecule has 1 rings (SSSR count). The van der Waals surface area contributed by atoms with Gasteiger partial charge in [-0.15, -0.1) is 0 Å². The van der Waals surface area contributed by atoms with E-state index in [-0.39, 0.29) is 18.0 Å². The first-order chi connectivity index (χ1) is 10.8. The lowest BCUT2D eigenvalue weighted by atomic mass is 10.1. The van der Waals surface area contributed by atoms with Crippen LogP contribution in [0.1, 0.15) is 42.3 Å². The number of aryl methyl sites for hydroxylation is 2. The molecule has 1 amide bonds. The number of aromatic nitrogens is 2. The number of hydrogen-bond acceptors (Lipinski definition) is 6. The fraction of sp³-hybridized carbons (Fsp3) is 0.500. The summed E-state index contributed by atoms with van der Waals surface area (Å²) in [6, 6.07) is -0.848. The number of nitrogens with one attached hydrogen (secondary N) is 2. The van der Waals surface area contributed by atoms with Gasteiger partial charge in [0, 0.05) is 22.6 Å². The van der Waals surface area contributed by atoms with E-state index in [0.717, 1.165) is 0 Å². The minimum atomic E-state index is -0.848. The number of nitrogens with zero attached hydrogens (tertiary/aromatic N) is 3. The first-order valence-corrected chi connectivity index (χ1v) is 7.14. The molecule has 0 aliphatic rings. The molecule has 0 radical (unpaired) electrons. The minimum absolute atomic E-state index is 0.0633. The Morgan fingerprint density at radius 1 is 1.57 bits per heavy atom. The zero-order valence-corrected chi connectivity index (χ0v) is 13.6. The van der Waals surface area contributed by atoms with Crippen LogP contribution in [0.3, 0.4) is 0 Å². The maximum Gasteiger partial charge on any atom is 0.272 e. The zero-order valence-electron chi connectivity index (χ0n) is 13.6. The third-order valence-electron chi connectivity index (χ3n) is 3.34. The summed E-state index contributed by atoms with van der Waals surface area (Å²) in [5, 5.41) is 25.6. The zero-order chi connectivity index (χ0) is 17.6. The summed E-state index contributed by atoms with van der Waals surface area (Å²) in [6.07, 6.45) is 1.73. The topological polar surface area (TPSA) is 134 Å². The van der Waals surface area contributed by atoms with E-state index < -0.39 is 16.9 Å². The van der Waals surface area contributed by atoms with Crippen LogP contribution in [0.5, 0.6) is 0 Å². The first kappa shape index (κ1) is 18.3. The number of aromatic amines is 1. The second-order valence-corrected chi connectivity index (χ2v) is 5.17. The Morgan fingerprint density at radius 2 is 2.22 bits per heavy atom. The maximum absolute atomic E-state index is 12.0. The van der Waals surface area contributed by atoms with Gasteiger partial charge in [0.25, 0.3) is 5.91 Å². The van der Waals surface area contributed by atoms with E-state index in [0.29, 0.717) is 23.5 Å². The third kappa shape index (κ3) is 4.90. The second-order valence-electron chi connectivity index (χ2n) is 5.17. The molecule has 9 heteroatoms. The average Bonchev–Trinajstić information content (AvgIpc) is 2.82. The molecule has 0 aliphatic carbocycles. The Balaban J connectivity index is 2.76. The number of rotatable bonds is 7. The van der Waals surface area contributed by atoms with Crippen LogP contribution >= 0.6 is 0 Å². The molecule has 23 heavy (non-hydrogen) atoms. The molecular formula is C14H21N5O4. The summed E-state index contributed by atoms with van der Waals surface area (Å²) in [5.41, 5.74) is 1.47. The Hall–Kier alpha value is -2.71. The number of imidazole rings is 1. The van der Waals surface area contributed by atoms with E-state index in [2.05, 4.69) is 20.4 Å². The van der Waals surface area contributed by atoms with Gasteiger partial charge in [-0.1, -0.05) is 12.1 Å². The van der Waals surface area contributed by atoms with Crippen molar-refractivity contribution in [1.82, 2.24) is 15.3 Å². The molecule has 0 saturated heterocycles. The molecule has 9 nitrogen and oxygen atoms in total. The van der Waals surface area contributed by atoms with Crippen molar-refractivity contribution >= 4 is 11.6 Å². The first-order valence-electron chi connectivity index (χ1n) is 7.14. The Labute approximate surface area is 133 Å². The second kappa shape index (κ2) is 8.06. The van der Waals surface area contributed by atoms with Gasteiger partial charge in [-0.3, -0.25) is 14.9 Å². The van der Waals surface area contributed by atoms with Gasteiger partial charge in [0.1, 0.15) is 11.5 Å². The predicted molar refractivity (Wildman–Crippen MR) is 84.4 cm³/mol. The van der Waals surface area contributed by atoms with Gasteiger partial charge in [0.05, 0.1) is 12.3 Å². The Morgan fingerprint density at radius 3 is 2.65 bits per heavy atom. The van der Waals surface area contributed by atoms with Crippen LogP contribution in [-0.2, 0) is 0 Å². The number of amides is 1. The van der Waals surface area contributed by atoms with Crippen molar-refractivity contribution in [2.75, 3.05) is 6.54 Å². The van der Waals surface area contributed by atoms with Crippen molar-refractivity contribution in [3.05, 3.63) is 39.0 Å². The lowest BCUT2D eigenvalue weighted by molar-refractivity contribution is -0.512. The predicted octanol–water partition coefficient (Wildman–Crippen LogP) is 1.59. The Kier molecular flexibility index (Phi) is 6.43. The molecule has 3 N–H and O–H groups in total. The van der Waals surface area contributed by atoms with Gasteiger partial charge in [-0.05, 0) is 26.8 Å². The van der Waals surface area contributed by atoms with Crippen LogP contribution < -0.4 is 5.32 Å². The van der Waals surface area contributed by atoms with Gasteiger partial charge in [-0.2, -0.15) is 0 Å². The normalized spacial score (nSPS) is 13.7. The summed E-state index contributed by atoms with van der Waals surface area (Å²) in [7, 11) is 0. The molecule has 1 aromatic heterocycles. The molecule has 0 bridgehead atoms. The van der Waals surface area contributed by atoms with E-state index >= 15 is 0 Å². The minimum Gasteiger partial charge on any atom is -0.411 e. The molecule has 1 heterocycles. The summed E-state index contributed by atoms with van der Waals surface area (Å²) in [4.78, 5) is 29.5. The monoisotopic (exact) mass is 323 g/mol. The van der Waals surface area contributed by atoms with Crippen molar-refractivity contribution in [2.24, 2.45) is 5.16 Å². The van der Waals surface area contributed by atoms with E-state index in [9.17, 15) is 14.9 Å². The van der Waals surface area contributed by atoms with E-state index in [1.165, 1.54) is 6.08 Å². The van der Waals surface area contributed by atoms with Gasteiger partial charge < -0.3 is 15.5 Å². The SMILES string of the molecule is CCC(/C(C)=C/C(CNC(=O)c1nc(C)[nH]c1C)=N\O)[N+](=O)[O-]. The van der Waals surface area contributed by atoms with E-state index in [4.69, 9.17) is 5.21 Å². The van der Waals surface area contributed by atoms with Crippen molar-refractivity contribution < 1.29 is 14.9 Å². The highest BCUT2D eigenvalue weighted by molar-refractivity contribution is 6.01. The molecule has 1 unspecified atom stereocenters. The summed E-state index contributed by atoms with van der Waals surface area (Å²) in [5.74, 6) is 0.205. The number of hydrogen-bond donors (Lipinski definition) is 3. The fourth-order valence-corrected chi connectivity index (χ4v) is 2.20. The summed E-state index contributed by atoms with van der Waals surface area (Å²) in [6.45, 7) is 6.68. The van der Waals surface area contributed by atoms with Gasteiger partial charge >= 0.3 is 0 Å². The summed E-state index contributed by atoms with van der Waals surface area (Å²) >= 11 is 0. The lowest BCUT2D eigenvalue weighted by Crippen LogP contribution is -2.30. The molecule has 1 aromatic rings. The van der Waals surface area contributed by atoms with Gasteiger partial charge in [-0.25, -0.2) is 4.98 Å². The number of H-pyrrole nitrogens is 1. The highest BCUT2D eigenvalue weighted by Gasteiger charge is 2.20. The number of oxime groups is 1. The third-order valence-corrected chi connectivity index (χ3v) is 3.34. The van der Waals surface area contributed by atoms with Crippen LogP contribution in [0.25, 0.3) is 0 Å². The van der Waals surface area contributed by atoms with Crippen LogP contribution in [0.2, 0.25) is 0 Å². The highest BCUT2D eigenvalue weighted by atomic mass is 16.6.